The molecule has 0 spiro atoms. The van der Waals surface area contributed by atoms with E-state index in [1.54, 1.807) is 6.07 Å². The highest BCUT2D eigenvalue weighted by molar-refractivity contribution is 6.30. The number of aryl methyl sites for hydroxylation is 1. The van der Waals surface area contributed by atoms with Crippen LogP contribution >= 0.6 is 11.6 Å². The smallest absolute Gasteiger partial charge is 0.287 e. The number of rotatable bonds is 6. The molecule has 2 aromatic heterocycles. The number of benzene rings is 1. The number of hydrogen-bond donors (Lipinski definition) is 2. The van der Waals surface area contributed by atoms with Crippen LogP contribution in [0, 0.1) is 0 Å². The van der Waals surface area contributed by atoms with Crippen LogP contribution in [0.1, 0.15) is 60.3 Å². The number of fused-ring (bicyclic) bond motifs is 1. The minimum absolute atomic E-state index is 0.131. The van der Waals surface area contributed by atoms with E-state index in [4.69, 9.17) is 26.0 Å². The lowest BCUT2D eigenvalue weighted by molar-refractivity contribution is 0.0899. The second kappa shape index (κ2) is 10.3. The van der Waals surface area contributed by atoms with Gasteiger partial charge < -0.3 is 20.0 Å². The van der Waals surface area contributed by atoms with Gasteiger partial charge in [0.25, 0.3) is 5.91 Å². The van der Waals surface area contributed by atoms with Crippen molar-refractivity contribution in [3.05, 3.63) is 58.4 Å². The zero-order chi connectivity index (χ0) is 24.4. The molecule has 3 aromatic rings. The molecule has 2 N–H and O–H groups in total. The Bertz CT molecular complexity index is 1180. The number of nitrogens with one attached hydrogen (secondary N) is 2. The Morgan fingerprint density at radius 1 is 0.971 bits per heavy atom. The fraction of sp³-hybridized carbons (Fsp3) is 0.444. The molecule has 2 heterocycles. The van der Waals surface area contributed by atoms with E-state index in [0.717, 1.165) is 55.9 Å². The number of aromatic nitrogens is 2. The number of carbonyl (C=O) groups excluding carboxylic acids is 1. The van der Waals surface area contributed by atoms with Gasteiger partial charge in [-0.25, -0.2) is 4.98 Å². The lowest BCUT2D eigenvalue weighted by Gasteiger charge is -2.30. The van der Waals surface area contributed by atoms with E-state index < -0.39 is 0 Å². The molecule has 0 unspecified atom stereocenters. The number of amides is 1. The van der Waals surface area contributed by atoms with Crippen LogP contribution in [0.25, 0.3) is 11.3 Å². The van der Waals surface area contributed by atoms with Gasteiger partial charge in [0, 0.05) is 42.3 Å². The summed E-state index contributed by atoms with van der Waals surface area (Å²) < 4.78 is 5.80. The molecule has 0 aliphatic heterocycles. The largest absolute Gasteiger partial charge is 0.451 e. The first kappa shape index (κ1) is 23.7. The van der Waals surface area contributed by atoms with Gasteiger partial charge in [-0.1, -0.05) is 11.6 Å². The Hall–Kier alpha value is -3.06. The quantitative estimate of drug-likeness (QED) is 0.472. The zero-order valence-corrected chi connectivity index (χ0v) is 21.1. The Morgan fingerprint density at radius 2 is 1.69 bits per heavy atom. The predicted octanol–water partition coefficient (Wildman–Crippen LogP) is 5.49. The van der Waals surface area contributed by atoms with Gasteiger partial charge in [0.05, 0.1) is 5.69 Å². The average Bonchev–Trinajstić information content (AvgIpc) is 3.36. The van der Waals surface area contributed by atoms with E-state index in [-0.39, 0.29) is 11.9 Å². The first-order chi connectivity index (χ1) is 17.0. The van der Waals surface area contributed by atoms with Crippen LogP contribution in [-0.4, -0.2) is 42.1 Å². The van der Waals surface area contributed by atoms with Gasteiger partial charge in [-0.2, -0.15) is 4.98 Å². The maximum absolute atomic E-state index is 12.8. The van der Waals surface area contributed by atoms with Crippen LogP contribution in [-0.2, 0) is 12.8 Å². The molecule has 1 aromatic carbocycles. The van der Waals surface area contributed by atoms with Crippen LogP contribution in [0.3, 0.4) is 0 Å². The molecule has 5 rings (SSSR count). The summed E-state index contributed by atoms with van der Waals surface area (Å²) in [5.74, 6) is 2.58. The van der Waals surface area contributed by atoms with Crippen LogP contribution in [0.4, 0.5) is 11.8 Å². The Labute approximate surface area is 211 Å². The van der Waals surface area contributed by atoms with Crippen molar-refractivity contribution in [2.75, 3.05) is 24.3 Å². The maximum atomic E-state index is 12.8. The van der Waals surface area contributed by atoms with Gasteiger partial charge in [-0.15, -0.1) is 0 Å². The molecule has 0 atom stereocenters. The number of anilines is 2. The molecule has 7 nitrogen and oxygen atoms in total. The number of carbonyl (C=O) groups is 1. The van der Waals surface area contributed by atoms with Crippen molar-refractivity contribution in [3.63, 3.8) is 0 Å². The van der Waals surface area contributed by atoms with E-state index in [9.17, 15) is 4.79 Å². The Balaban J connectivity index is 1.16. The van der Waals surface area contributed by atoms with Gasteiger partial charge in [0.2, 0.25) is 5.95 Å². The summed E-state index contributed by atoms with van der Waals surface area (Å²) in [5.41, 5.74) is 3.38. The minimum atomic E-state index is -0.171. The molecule has 0 bridgehead atoms. The van der Waals surface area contributed by atoms with Crippen molar-refractivity contribution in [2.45, 2.75) is 63.5 Å². The van der Waals surface area contributed by atoms with E-state index in [1.807, 2.05) is 44.4 Å². The summed E-state index contributed by atoms with van der Waals surface area (Å²) in [5, 5.41) is 7.37. The maximum Gasteiger partial charge on any atom is 0.287 e. The Morgan fingerprint density at radius 3 is 2.43 bits per heavy atom. The summed E-state index contributed by atoms with van der Waals surface area (Å²) in [4.78, 5) is 24.5. The molecule has 2 aliphatic rings. The fourth-order valence-corrected chi connectivity index (χ4v) is 5.19. The van der Waals surface area contributed by atoms with Crippen molar-refractivity contribution < 1.29 is 9.21 Å². The van der Waals surface area contributed by atoms with E-state index >= 15 is 0 Å². The van der Waals surface area contributed by atoms with E-state index in [2.05, 4.69) is 15.5 Å². The summed E-state index contributed by atoms with van der Waals surface area (Å²) in [6.07, 6.45) is 8.20. The molecule has 8 heteroatoms. The van der Waals surface area contributed by atoms with Gasteiger partial charge in [0.1, 0.15) is 11.6 Å². The van der Waals surface area contributed by atoms with E-state index in [1.165, 1.54) is 24.1 Å². The standard InChI is InChI=1S/C27H32ClN5O2/c1-33(2)25-21-5-3-4-6-22(21)31-27(32-25)30-20-13-11-19(12-14-20)29-26(34)24-16-15-23(35-24)17-7-9-18(28)10-8-17/h7-10,15-16,19-20H,3-6,11-14H2,1-2H3,(H,29,34)(H,30,31,32). The van der Waals surface area contributed by atoms with Crippen LogP contribution in [0.5, 0.6) is 0 Å². The highest BCUT2D eigenvalue weighted by Crippen LogP contribution is 2.30. The number of nitrogens with zero attached hydrogens (tertiary/aromatic N) is 3. The van der Waals surface area contributed by atoms with Crippen molar-refractivity contribution in [1.82, 2.24) is 15.3 Å². The molecular weight excluding hydrogens is 462 g/mol. The van der Waals surface area contributed by atoms with Crippen LogP contribution in [0.15, 0.2) is 40.8 Å². The third-order valence-corrected chi connectivity index (χ3v) is 7.19. The SMILES string of the molecule is CN(C)c1nc(NC2CCC(NC(=O)c3ccc(-c4ccc(Cl)cc4)o3)CC2)nc2c1CCCC2. The first-order valence-corrected chi connectivity index (χ1v) is 12.8. The van der Waals surface area contributed by atoms with Crippen LogP contribution < -0.4 is 15.5 Å². The van der Waals surface area contributed by atoms with Crippen molar-refractivity contribution in [1.29, 1.82) is 0 Å². The van der Waals surface area contributed by atoms with Gasteiger partial charge >= 0.3 is 0 Å². The summed E-state index contributed by atoms with van der Waals surface area (Å²) in [6, 6.07) is 11.4. The minimum Gasteiger partial charge on any atom is -0.451 e. The molecular formula is C27H32ClN5O2. The topological polar surface area (TPSA) is 83.3 Å². The molecule has 35 heavy (non-hydrogen) atoms. The average molecular weight is 494 g/mol. The number of hydrogen-bond acceptors (Lipinski definition) is 6. The van der Waals surface area contributed by atoms with Gasteiger partial charge in [-0.05, 0) is 87.8 Å². The molecule has 1 amide bonds. The van der Waals surface area contributed by atoms with Crippen molar-refractivity contribution >= 4 is 29.3 Å². The van der Waals surface area contributed by atoms with Gasteiger partial charge in [-0.3, -0.25) is 4.79 Å². The lowest BCUT2D eigenvalue weighted by atomic mass is 9.91. The van der Waals surface area contributed by atoms with E-state index in [0.29, 0.717) is 22.6 Å². The summed E-state index contributed by atoms with van der Waals surface area (Å²) in [6.45, 7) is 0. The molecule has 2 aliphatic carbocycles. The predicted molar refractivity (Wildman–Crippen MR) is 139 cm³/mol. The summed E-state index contributed by atoms with van der Waals surface area (Å²) in [7, 11) is 4.10. The molecule has 184 valence electrons. The van der Waals surface area contributed by atoms with Gasteiger partial charge in [0.15, 0.2) is 5.76 Å². The number of halogens is 1. The van der Waals surface area contributed by atoms with Crippen LogP contribution in [0.2, 0.25) is 5.02 Å². The second-order valence-corrected chi connectivity index (χ2v) is 10.2. The zero-order valence-electron chi connectivity index (χ0n) is 20.3. The molecule has 1 saturated carbocycles. The molecule has 0 saturated heterocycles. The molecule has 1 fully saturated rings. The second-order valence-electron chi connectivity index (χ2n) is 9.73. The number of furan rings is 1. The monoisotopic (exact) mass is 493 g/mol. The van der Waals surface area contributed by atoms with Crippen molar-refractivity contribution in [2.24, 2.45) is 0 Å². The Kier molecular flexibility index (Phi) is 6.95. The first-order valence-electron chi connectivity index (χ1n) is 12.5. The fourth-order valence-electron chi connectivity index (χ4n) is 5.06. The van der Waals surface area contributed by atoms with Crippen molar-refractivity contribution in [3.8, 4) is 11.3 Å². The lowest BCUT2D eigenvalue weighted by Crippen LogP contribution is -2.40. The molecule has 0 radical (unpaired) electrons. The third-order valence-electron chi connectivity index (χ3n) is 6.94. The highest BCUT2D eigenvalue weighted by atomic mass is 35.5. The highest BCUT2D eigenvalue weighted by Gasteiger charge is 2.26. The summed E-state index contributed by atoms with van der Waals surface area (Å²) >= 11 is 5.96. The third kappa shape index (κ3) is 5.45. The normalized spacial score (nSPS) is 19.6.